The van der Waals surface area contributed by atoms with Crippen molar-refractivity contribution >= 4 is 15.9 Å². The molecule has 0 saturated heterocycles. The first kappa shape index (κ1) is 16.7. The summed E-state index contributed by atoms with van der Waals surface area (Å²) in [6.07, 6.45) is 2.24. The molecule has 1 atom stereocenters. The number of rotatable bonds is 8. The summed E-state index contributed by atoms with van der Waals surface area (Å²) in [6, 6.07) is 4.16. The molecular formula is C16H24BrNO3. The van der Waals surface area contributed by atoms with Crippen LogP contribution < -0.4 is 10.1 Å². The third-order valence-corrected chi connectivity index (χ3v) is 4.18. The van der Waals surface area contributed by atoms with E-state index in [1.807, 2.05) is 6.92 Å². The molecular weight excluding hydrogens is 334 g/mol. The first-order chi connectivity index (χ1) is 10.0. The van der Waals surface area contributed by atoms with E-state index in [2.05, 4.69) is 33.4 Å². The van der Waals surface area contributed by atoms with Gasteiger partial charge < -0.3 is 19.9 Å². The average molecular weight is 358 g/mol. The number of hydrogen-bond acceptors (Lipinski definition) is 4. The average Bonchev–Trinajstić information content (AvgIpc) is 2.86. The van der Waals surface area contributed by atoms with Gasteiger partial charge in [-0.1, -0.05) is 15.9 Å². The van der Waals surface area contributed by atoms with Crippen LogP contribution in [-0.4, -0.2) is 44.1 Å². The van der Waals surface area contributed by atoms with Crippen LogP contribution in [0.5, 0.6) is 5.75 Å². The van der Waals surface area contributed by atoms with Gasteiger partial charge in [-0.3, -0.25) is 0 Å². The second-order valence-corrected chi connectivity index (χ2v) is 6.73. The summed E-state index contributed by atoms with van der Waals surface area (Å²) in [4.78, 5) is 0. The Hall–Kier alpha value is -0.620. The second-order valence-electron chi connectivity index (χ2n) is 5.82. The molecule has 0 aromatic heterocycles. The molecule has 0 fully saturated rings. The predicted octanol–water partition coefficient (Wildman–Crippen LogP) is 2.30. The quantitative estimate of drug-likeness (QED) is 0.701. The monoisotopic (exact) mass is 357 g/mol. The van der Waals surface area contributed by atoms with Crippen molar-refractivity contribution in [2.45, 2.75) is 31.8 Å². The molecule has 0 radical (unpaired) electrons. The Morgan fingerprint density at radius 1 is 1.43 bits per heavy atom. The summed E-state index contributed by atoms with van der Waals surface area (Å²) in [6.45, 7) is 4.89. The molecule has 1 aromatic rings. The van der Waals surface area contributed by atoms with Crippen molar-refractivity contribution in [3.63, 3.8) is 0 Å². The van der Waals surface area contributed by atoms with E-state index in [1.54, 1.807) is 7.11 Å². The van der Waals surface area contributed by atoms with Crippen LogP contribution in [0.25, 0.3) is 0 Å². The number of methoxy groups -OCH3 is 1. The van der Waals surface area contributed by atoms with E-state index in [9.17, 15) is 5.11 Å². The van der Waals surface area contributed by atoms with E-state index < -0.39 is 5.60 Å². The largest absolute Gasteiger partial charge is 0.493 e. The predicted molar refractivity (Wildman–Crippen MR) is 87.0 cm³/mol. The molecule has 0 saturated carbocycles. The number of hydrogen-bond donors (Lipinski definition) is 2. The maximum absolute atomic E-state index is 10.6. The maximum atomic E-state index is 10.6. The minimum atomic E-state index is -0.749. The molecule has 0 bridgehead atoms. The molecule has 0 aliphatic carbocycles. The summed E-state index contributed by atoms with van der Waals surface area (Å²) in [7, 11) is 1.69. The number of benzene rings is 1. The Bertz CT molecular complexity index is 477. The lowest BCUT2D eigenvalue weighted by Gasteiger charge is -2.24. The topological polar surface area (TPSA) is 50.7 Å². The van der Waals surface area contributed by atoms with Gasteiger partial charge in [0.1, 0.15) is 5.75 Å². The normalized spacial score (nSPS) is 16.4. The first-order valence-electron chi connectivity index (χ1n) is 7.38. The Labute approximate surface area is 135 Å². The van der Waals surface area contributed by atoms with Crippen LogP contribution in [0.15, 0.2) is 16.6 Å². The van der Waals surface area contributed by atoms with Crippen molar-refractivity contribution < 1.29 is 14.6 Å². The summed E-state index contributed by atoms with van der Waals surface area (Å²) >= 11 is 3.54. The Kier molecular flexibility index (Phi) is 6.05. The highest BCUT2D eigenvalue weighted by atomic mass is 79.9. The zero-order valence-corrected chi connectivity index (χ0v) is 14.3. The SMILES string of the molecule is COCCNCCC(C)(O)Cc1cc(Br)cc2c1OCC2. The van der Waals surface area contributed by atoms with Gasteiger partial charge in [0.25, 0.3) is 0 Å². The summed E-state index contributed by atoms with van der Waals surface area (Å²) in [5.74, 6) is 0.964. The van der Waals surface area contributed by atoms with Gasteiger partial charge in [0.15, 0.2) is 0 Å². The highest BCUT2D eigenvalue weighted by Gasteiger charge is 2.25. The second kappa shape index (κ2) is 7.58. The molecule has 5 heteroatoms. The van der Waals surface area contributed by atoms with Crippen LogP contribution in [0.4, 0.5) is 0 Å². The van der Waals surface area contributed by atoms with Gasteiger partial charge in [-0.05, 0) is 43.1 Å². The van der Waals surface area contributed by atoms with E-state index in [-0.39, 0.29) is 0 Å². The van der Waals surface area contributed by atoms with Crippen molar-refractivity contribution in [2.24, 2.45) is 0 Å². The molecule has 4 nitrogen and oxygen atoms in total. The number of fused-ring (bicyclic) bond motifs is 1. The molecule has 2 rings (SSSR count). The van der Waals surface area contributed by atoms with Gasteiger partial charge in [-0.15, -0.1) is 0 Å². The summed E-state index contributed by atoms with van der Waals surface area (Å²) < 4.78 is 11.8. The first-order valence-corrected chi connectivity index (χ1v) is 8.17. The number of halogens is 1. The fraction of sp³-hybridized carbons (Fsp3) is 0.625. The lowest BCUT2D eigenvalue weighted by atomic mass is 9.91. The third kappa shape index (κ3) is 4.95. The molecule has 1 aromatic carbocycles. The molecule has 21 heavy (non-hydrogen) atoms. The van der Waals surface area contributed by atoms with Crippen molar-refractivity contribution in [3.8, 4) is 5.75 Å². The molecule has 118 valence electrons. The van der Waals surface area contributed by atoms with Crippen molar-refractivity contribution in [3.05, 3.63) is 27.7 Å². The van der Waals surface area contributed by atoms with E-state index in [1.165, 1.54) is 5.56 Å². The standard InChI is InChI=1S/C16H24BrNO3/c1-16(19,4-5-18-6-8-20-2)11-13-10-14(17)9-12-3-7-21-15(12)13/h9-10,18-19H,3-8,11H2,1-2H3. The van der Waals surface area contributed by atoms with E-state index in [0.717, 1.165) is 41.9 Å². The highest BCUT2D eigenvalue weighted by Crippen LogP contribution is 2.35. The molecule has 0 spiro atoms. The van der Waals surface area contributed by atoms with Crippen LogP contribution in [0, 0.1) is 0 Å². The maximum Gasteiger partial charge on any atom is 0.125 e. The van der Waals surface area contributed by atoms with Gasteiger partial charge in [-0.25, -0.2) is 0 Å². The molecule has 1 heterocycles. The minimum absolute atomic E-state index is 0.598. The molecule has 1 aliphatic rings. The minimum Gasteiger partial charge on any atom is -0.493 e. The smallest absolute Gasteiger partial charge is 0.125 e. The Balaban J connectivity index is 1.94. The van der Waals surface area contributed by atoms with Crippen molar-refractivity contribution in [2.75, 3.05) is 33.4 Å². The number of aliphatic hydroxyl groups is 1. The summed E-state index contributed by atoms with van der Waals surface area (Å²) in [5, 5.41) is 13.9. The zero-order chi connectivity index (χ0) is 15.3. The van der Waals surface area contributed by atoms with Crippen LogP contribution in [0.2, 0.25) is 0 Å². The molecule has 1 unspecified atom stereocenters. The zero-order valence-electron chi connectivity index (χ0n) is 12.7. The van der Waals surface area contributed by atoms with Gasteiger partial charge in [0.05, 0.1) is 18.8 Å². The van der Waals surface area contributed by atoms with Crippen LogP contribution in [-0.2, 0) is 17.6 Å². The van der Waals surface area contributed by atoms with Gasteiger partial charge in [0, 0.05) is 31.0 Å². The molecule has 2 N–H and O–H groups in total. The number of nitrogens with one attached hydrogen (secondary N) is 1. The molecule has 0 amide bonds. The Morgan fingerprint density at radius 2 is 2.24 bits per heavy atom. The fourth-order valence-corrected chi connectivity index (χ4v) is 3.19. The highest BCUT2D eigenvalue weighted by molar-refractivity contribution is 9.10. The van der Waals surface area contributed by atoms with Gasteiger partial charge in [-0.2, -0.15) is 0 Å². The van der Waals surface area contributed by atoms with E-state index in [0.29, 0.717) is 19.4 Å². The van der Waals surface area contributed by atoms with Crippen molar-refractivity contribution in [1.29, 1.82) is 0 Å². The van der Waals surface area contributed by atoms with Crippen LogP contribution >= 0.6 is 15.9 Å². The van der Waals surface area contributed by atoms with Crippen molar-refractivity contribution in [1.82, 2.24) is 5.32 Å². The lowest BCUT2D eigenvalue weighted by Crippen LogP contribution is -2.33. The van der Waals surface area contributed by atoms with E-state index >= 15 is 0 Å². The Morgan fingerprint density at radius 3 is 3.00 bits per heavy atom. The lowest BCUT2D eigenvalue weighted by molar-refractivity contribution is 0.0504. The fourth-order valence-electron chi connectivity index (χ4n) is 2.63. The third-order valence-electron chi connectivity index (χ3n) is 3.72. The number of ether oxygens (including phenoxy) is 2. The van der Waals surface area contributed by atoms with Crippen LogP contribution in [0.3, 0.4) is 0 Å². The summed E-state index contributed by atoms with van der Waals surface area (Å²) in [5.41, 5.74) is 1.56. The molecule has 1 aliphatic heterocycles. The van der Waals surface area contributed by atoms with Gasteiger partial charge in [0.2, 0.25) is 0 Å². The van der Waals surface area contributed by atoms with E-state index in [4.69, 9.17) is 9.47 Å². The van der Waals surface area contributed by atoms with Gasteiger partial charge >= 0.3 is 0 Å². The van der Waals surface area contributed by atoms with Crippen LogP contribution in [0.1, 0.15) is 24.5 Å².